The summed E-state index contributed by atoms with van der Waals surface area (Å²) in [6, 6.07) is 0. The Morgan fingerprint density at radius 3 is 1.02 bits per heavy atom. The van der Waals surface area contributed by atoms with E-state index in [9.17, 15) is 0 Å². The van der Waals surface area contributed by atoms with Gasteiger partial charge in [0, 0.05) is 0 Å². The third-order valence-corrected chi connectivity index (χ3v) is 6.55. The first kappa shape index (κ1) is 37.1. The molecule has 0 aliphatic rings. The Balaban J connectivity index is 4.51. The summed E-state index contributed by atoms with van der Waals surface area (Å²) in [6.45, 7) is 21.9. The number of allylic oxidation sites excluding steroid dienone is 22. The number of hydrogen-bond donors (Lipinski definition) is 0. The summed E-state index contributed by atoms with van der Waals surface area (Å²) in [5.41, 5.74) is 11.1. The Morgan fingerprint density at radius 2 is 0.675 bits per heavy atom. The second-order valence-corrected chi connectivity index (χ2v) is 11.8. The standard InChI is InChI=1S/C40H60/c1-33(2)19-13-23-37(7)27-17-31-39(9)29-15-25-35(5)21-11-12-22-36(6)26-16-30-40(10)32-18-28-38(8)24-14-20-34(3)4/h11-12,15-16,19-22,25-30H,13-14,17-18,23-24,31-32H2,1-10H3/b12-11-,25-15+,26-16+,35-21+,36-22+,37-27+,38-28+,39-29-,40-30+. The molecule has 0 spiro atoms. The van der Waals surface area contributed by atoms with Crippen LogP contribution < -0.4 is 0 Å². The van der Waals surface area contributed by atoms with E-state index in [1.165, 1.54) is 57.4 Å². The van der Waals surface area contributed by atoms with E-state index in [0.717, 1.165) is 38.5 Å². The van der Waals surface area contributed by atoms with E-state index in [0.29, 0.717) is 0 Å². The maximum atomic E-state index is 2.40. The minimum atomic E-state index is 1.12. The van der Waals surface area contributed by atoms with E-state index in [1.807, 2.05) is 0 Å². The van der Waals surface area contributed by atoms with Gasteiger partial charge in [-0.15, -0.1) is 0 Å². The van der Waals surface area contributed by atoms with Gasteiger partial charge in [0.25, 0.3) is 0 Å². The van der Waals surface area contributed by atoms with Crippen molar-refractivity contribution in [2.75, 3.05) is 0 Å². The number of hydrogen-bond acceptors (Lipinski definition) is 0. The molecule has 0 amide bonds. The first-order valence-electron chi connectivity index (χ1n) is 15.3. The van der Waals surface area contributed by atoms with Crippen molar-refractivity contribution in [2.45, 2.75) is 121 Å². The molecular weight excluding hydrogens is 480 g/mol. The lowest BCUT2D eigenvalue weighted by molar-refractivity contribution is 0.918. The molecule has 0 rings (SSSR count). The van der Waals surface area contributed by atoms with Crippen molar-refractivity contribution < 1.29 is 0 Å². The van der Waals surface area contributed by atoms with Crippen LogP contribution in [-0.2, 0) is 0 Å². The van der Waals surface area contributed by atoms with Crippen molar-refractivity contribution >= 4 is 0 Å². The minimum Gasteiger partial charge on any atom is -0.0856 e. The van der Waals surface area contributed by atoms with Crippen LogP contribution in [0.5, 0.6) is 0 Å². The predicted octanol–water partition coefficient (Wildman–Crippen LogP) is 13.4. The van der Waals surface area contributed by atoms with E-state index in [4.69, 9.17) is 0 Å². The van der Waals surface area contributed by atoms with Gasteiger partial charge >= 0.3 is 0 Å². The van der Waals surface area contributed by atoms with Crippen molar-refractivity contribution in [1.82, 2.24) is 0 Å². The molecule has 0 bridgehead atoms. The summed E-state index contributed by atoms with van der Waals surface area (Å²) in [4.78, 5) is 0. The zero-order valence-corrected chi connectivity index (χ0v) is 27.7. The first-order valence-corrected chi connectivity index (χ1v) is 15.3. The molecular formula is C40H60. The van der Waals surface area contributed by atoms with Crippen LogP contribution in [0, 0.1) is 0 Å². The topological polar surface area (TPSA) is 0 Å². The largest absolute Gasteiger partial charge is 0.0856 e. The molecule has 0 nitrogen and oxygen atoms in total. The lowest BCUT2D eigenvalue weighted by Gasteiger charge is -2.00. The third kappa shape index (κ3) is 25.4. The lowest BCUT2D eigenvalue weighted by atomic mass is 10.1. The minimum absolute atomic E-state index is 1.12. The van der Waals surface area contributed by atoms with Gasteiger partial charge in [0.1, 0.15) is 0 Å². The molecule has 220 valence electrons. The van der Waals surface area contributed by atoms with Crippen molar-refractivity contribution in [3.05, 3.63) is 130 Å². The maximum absolute atomic E-state index is 2.40. The molecule has 0 aliphatic carbocycles. The Kier molecular flexibility index (Phi) is 22.3. The summed E-state index contributed by atoms with van der Waals surface area (Å²) in [7, 11) is 0. The fourth-order valence-electron chi connectivity index (χ4n) is 3.89. The van der Waals surface area contributed by atoms with E-state index < -0.39 is 0 Å². The molecule has 0 fully saturated rings. The van der Waals surface area contributed by atoms with Crippen LogP contribution in [0.4, 0.5) is 0 Å². The quantitative estimate of drug-likeness (QED) is 0.120. The lowest BCUT2D eigenvalue weighted by Crippen LogP contribution is -1.80. The van der Waals surface area contributed by atoms with E-state index in [-0.39, 0.29) is 0 Å². The summed E-state index contributed by atoms with van der Waals surface area (Å²) in [5.74, 6) is 0. The summed E-state index contributed by atoms with van der Waals surface area (Å²) >= 11 is 0. The molecule has 40 heavy (non-hydrogen) atoms. The second-order valence-electron chi connectivity index (χ2n) is 11.8. The van der Waals surface area contributed by atoms with Crippen LogP contribution in [0.2, 0.25) is 0 Å². The van der Waals surface area contributed by atoms with Crippen molar-refractivity contribution in [2.24, 2.45) is 0 Å². The van der Waals surface area contributed by atoms with Crippen molar-refractivity contribution in [3.63, 3.8) is 0 Å². The molecule has 0 N–H and O–H groups in total. The molecule has 0 heterocycles. The van der Waals surface area contributed by atoms with Crippen LogP contribution >= 0.6 is 0 Å². The fraction of sp³-hybridized carbons (Fsp3) is 0.450. The fourth-order valence-corrected chi connectivity index (χ4v) is 3.89. The predicted molar refractivity (Wildman–Crippen MR) is 186 cm³/mol. The van der Waals surface area contributed by atoms with E-state index in [2.05, 4.69) is 154 Å². The van der Waals surface area contributed by atoms with Gasteiger partial charge in [-0.1, -0.05) is 130 Å². The molecule has 0 aromatic rings. The number of rotatable bonds is 18. The van der Waals surface area contributed by atoms with Crippen LogP contribution in [0.25, 0.3) is 0 Å². The van der Waals surface area contributed by atoms with Gasteiger partial charge in [-0.3, -0.25) is 0 Å². The highest BCUT2D eigenvalue weighted by molar-refractivity contribution is 5.30. The molecule has 0 aromatic heterocycles. The van der Waals surface area contributed by atoms with Gasteiger partial charge in [0.15, 0.2) is 0 Å². The molecule has 0 heteroatoms. The van der Waals surface area contributed by atoms with Gasteiger partial charge in [-0.25, -0.2) is 0 Å². The maximum Gasteiger partial charge on any atom is -0.0285 e. The highest BCUT2D eigenvalue weighted by Gasteiger charge is 1.92. The van der Waals surface area contributed by atoms with Gasteiger partial charge in [0.05, 0.1) is 0 Å². The van der Waals surface area contributed by atoms with Crippen molar-refractivity contribution in [1.29, 1.82) is 0 Å². The van der Waals surface area contributed by atoms with Gasteiger partial charge in [0.2, 0.25) is 0 Å². The molecule has 0 saturated carbocycles. The molecule has 0 atom stereocenters. The van der Waals surface area contributed by atoms with Gasteiger partial charge in [-0.2, -0.15) is 0 Å². The molecule has 0 aromatic carbocycles. The zero-order valence-electron chi connectivity index (χ0n) is 27.7. The Bertz CT molecular complexity index is 967. The Morgan fingerprint density at radius 1 is 0.350 bits per heavy atom. The SMILES string of the molecule is CC(C)=CCC/C(C)=C/CC\C(C)=C/C=C/C(C)=C/C=C\C=C(C)\C=C\C=C(/C)CC/C=C(\C)CCC=C(C)C. The molecule has 0 aliphatic heterocycles. The average molecular weight is 541 g/mol. The van der Waals surface area contributed by atoms with Gasteiger partial charge in [-0.05, 0) is 121 Å². The highest BCUT2D eigenvalue weighted by atomic mass is 14.0. The summed E-state index contributed by atoms with van der Waals surface area (Å²) in [5, 5.41) is 0. The van der Waals surface area contributed by atoms with Gasteiger partial charge < -0.3 is 0 Å². The molecule has 0 saturated heterocycles. The summed E-state index contributed by atoms with van der Waals surface area (Å²) in [6.07, 6.45) is 40.3. The average Bonchev–Trinajstić information content (AvgIpc) is 2.86. The monoisotopic (exact) mass is 540 g/mol. The smallest absolute Gasteiger partial charge is 0.0285 e. The second kappa shape index (κ2) is 24.0. The summed E-state index contributed by atoms with van der Waals surface area (Å²) < 4.78 is 0. The van der Waals surface area contributed by atoms with Crippen LogP contribution in [0.3, 0.4) is 0 Å². The van der Waals surface area contributed by atoms with Crippen LogP contribution in [0.15, 0.2) is 130 Å². The van der Waals surface area contributed by atoms with E-state index >= 15 is 0 Å². The normalized spacial score (nSPS) is 14.7. The Hall–Kier alpha value is -2.86. The van der Waals surface area contributed by atoms with E-state index in [1.54, 1.807) is 0 Å². The Labute approximate surface area is 249 Å². The molecule has 0 unspecified atom stereocenters. The molecule has 0 radical (unpaired) electrons. The highest BCUT2D eigenvalue weighted by Crippen LogP contribution is 2.13. The zero-order chi connectivity index (χ0) is 30.2. The van der Waals surface area contributed by atoms with Crippen LogP contribution in [-0.4, -0.2) is 0 Å². The van der Waals surface area contributed by atoms with Crippen LogP contribution in [0.1, 0.15) is 121 Å². The van der Waals surface area contributed by atoms with Crippen molar-refractivity contribution in [3.8, 4) is 0 Å². The third-order valence-electron chi connectivity index (χ3n) is 6.55. The first-order chi connectivity index (χ1) is 19.0.